The molecular formula is C15H23FN2O4S. The van der Waals surface area contributed by atoms with Crippen LogP contribution in [0.25, 0.3) is 0 Å². The minimum absolute atomic E-state index is 0.154. The summed E-state index contributed by atoms with van der Waals surface area (Å²) in [5.41, 5.74) is 5.58. The van der Waals surface area contributed by atoms with E-state index < -0.39 is 15.8 Å². The number of rotatable bonds is 6. The third-order valence-corrected chi connectivity index (χ3v) is 6.06. The number of benzene rings is 1. The second kappa shape index (κ2) is 7.46. The lowest BCUT2D eigenvalue weighted by molar-refractivity contribution is 0.242. The summed E-state index contributed by atoms with van der Waals surface area (Å²) in [6.07, 6.45) is 3.01. The first-order valence-electron chi connectivity index (χ1n) is 7.59. The van der Waals surface area contributed by atoms with Crippen molar-refractivity contribution in [1.82, 2.24) is 4.31 Å². The molecule has 1 fully saturated rings. The van der Waals surface area contributed by atoms with Crippen molar-refractivity contribution in [3.8, 4) is 11.5 Å². The normalized spacial score (nSPS) is 19.6. The van der Waals surface area contributed by atoms with Crippen molar-refractivity contribution in [3.63, 3.8) is 0 Å². The van der Waals surface area contributed by atoms with Gasteiger partial charge >= 0.3 is 0 Å². The van der Waals surface area contributed by atoms with Gasteiger partial charge in [-0.15, -0.1) is 0 Å². The van der Waals surface area contributed by atoms with E-state index >= 15 is 0 Å². The van der Waals surface area contributed by atoms with Crippen LogP contribution in [0.1, 0.15) is 25.7 Å². The molecule has 23 heavy (non-hydrogen) atoms. The summed E-state index contributed by atoms with van der Waals surface area (Å²) < 4.78 is 51.6. The molecule has 0 aliphatic carbocycles. The third kappa shape index (κ3) is 3.59. The zero-order chi connectivity index (χ0) is 17.0. The van der Waals surface area contributed by atoms with E-state index in [1.54, 1.807) is 0 Å². The molecule has 2 N–H and O–H groups in total. The van der Waals surface area contributed by atoms with Crippen LogP contribution in [0.5, 0.6) is 11.5 Å². The Labute approximate surface area is 136 Å². The van der Waals surface area contributed by atoms with Gasteiger partial charge in [0.2, 0.25) is 10.0 Å². The average molecular weight is 346 g/mol. The van der Waals surface area contributed by atoms with E-state index in [1.165, 1.54) is 24.6 Å². The molecule has 6 nitrogen and oxygen atoms in total. The molecule has 1 atom stereocenters. The van der Waals surface area contributed by atoms with Crippen LogP contribution in [-0.2, 0) is 10.0 Å². The Morgan fingerprint density at radius 2 is 1.91 bits per heavy atom. The van der Waals surface area contributed by atoms with Crippen molar-refractivity contribution >= 4 is 10.0 Å². The van der Waals surface area contributed by atoms with Gasteiger partial charge in [-0.1, -0.05) is 6.42 Å². The Morgan fingerprint density at radius 3 is 2.52 bits per heavy atom. The van der Waals surface area contributed by atoms with Gasteiger partial charge in [0.15, 0.2) is 11.5 Å². The van der Waals surface area contributed by atoms with Gasteiger partial charge in [0.1, 0.15) is 10.7 Å². The number of nitrogens with zero attached hydrogens (tertiary/aromatic N) is 1. The smallest absolute Gasteiger partial charge is 0.246 e. The van der Waals surface area contributed by atoms with Gasteiger partial charge in [-0.05, 0) is 25.8 Å². The van der Waals surface area contributed by atoms with Crippen molar-refractivity contribution in [3.05, 3.63) is 17.9 Å². The molecule has 8 heteroatoms. The lowest BCUT2D eigenvalue weighted by atomic mass is 10.0. The van der Waals surface area contributed by atoms with Crippen LogP contribution in [0.15, 0.2) is 17.0 Å². The van der Waals surface area contributed by atoms with Crippen LogP contribution in [0.2, 0.25) is 0 Å². The number of hydrogen-bond acceptors (Lipinski definition) is 5. The van der Waals surface area contributed by atoms with Crippen molar-refractivity contribution in [2.24, 2.45) is 5.73 Å². The maximum absolute atomic E-state index is 14.4. The molecule has 1 aliphatic rings. The molecule has 2 rings (SSSR count). The third-order valence-electron chi connectivity index (χ3n) is 4.10. The Kier molecular flexibility index (Phi) is 5.83. The zero-order valence-corrected chi connectivity index (χ0v) is 14.2. The highest BCUT2D eigenvalue weighted by Gasteiger charge is 2.35. The standard InChI is InChI=1S/C15H23FN2O4S/c1-21-13-9-12(16)15(10-14(13)22-2)23(19,20)18-8-4-3-5-11(18)6-7-17/h9-11H,3-8,17H2,1-2H3. The van der Waals surface area contributed by atoms with Gasteiger partial charge in [-0.25, -0.2) is 12.8 Å². The second-order valence-corrected chi connectivity index (χ2v) is 7.34. The molecule has 1 heterocycles. The number of nitrogens with two attached hydrogens (primary N) is 1. The Balaban J connectivity index is 2.45. The van der Waals surface area contributed by atoms with E-state index in [4.69, 9.17) is 15.2 Å². The molecule has 130 valence electrons. The Bertz CT molecular complexity index is 649. The van der Waals surface area contributed by atoms with E-state index in [9.17, 15) is 12.8 Å². The summed E-state index contributed by atoms with van der Waals surface area (Å²) in [7, 11) is -1.21. The summed E-state index contributed by atoms with van der Waals surface area (Å²) in [6, 6.07) is 2.02. The topological polar surface area (TPSA) is 81.9 Å². The van der Waals surface area contributed by atoms with E-state index in [0.717, 1.165) is 25.3 Å². The van der Waals surface area contributed by atoms with E-state index in [1.807, 2.05) is 0 Å². The van der Waals surface area contributed by atoms with Gasteiger partial charge in [0, 0.05) is 24.7 Å². The van der Waals surface area contributed by atoms with Crippen molar-refractivity contribution in [2.45, 2.75) is 36.6 Å². The molecule has 0 saturated carbocycles. The summed E-state index contributed by atoms with van der Waals surface area (Å²) in [5, 5.41) is 0. The highest BCUT2D eigenvalue weighted by atomic mass is 32.2. The van der Waals surface area contributed by atoms with Crippen LogP contribution in [0, 0.1) is 5.82 Å². The van der Waals surface area contributed by atoms with Crippen molar-refractivity contribution in [2.75, 3.05) is 27.3 Å². The first-order chi connectivity index (χ1) is 11.0. The highest BCUT2D eigenvalue weighted by Crippen LogP contribution is 2.35. The first kappa shape index (κ1) is 18.0. The summed E-state index contributed by atoms with van der Waals surface area (Å²) in [5.74, 6) is -0.513. The van der Waals surface area contributed by atoms with Gasteiger partial charge < -0.3 is 15.2 Å². The van der Waals surface area contributed by atoms with E-state index in [-0.39, 0.29) is 22.4 Å². The minimum atomic E-state index is -3.95. The summed E-state index contributed by atoms with van der Waals surface area (Å²) >= 11 is 0. The van der Waals surface area contributed by atoms with Gasteiger partial charge in [0.05, 0.1) is 14.2 Å². The summed E-state index contributed by atoms with van der Waals surface area (Å²) in [4.78, 5) is -0.390. The maximum Gasteiger partial charge on any atom is 0.246 e. The monoisotopic (exact) mass is 346 g/mol. The van der Waals surface area contributed by atoms with Gasteiger partial charge in [-0.3, -0.25) is 0 Å². The molecule has 1 unspecified atom stereocenters. The molecule has 1 saturated heterocycles. The fourth-order valence-electron chi connectivity index (χ4n) is 2.93. The lowest BCUT2D eigenvalue weighted by Gasteiger charge is -2.34. The lowest BCUT2D eigenvalue weighted by Crippen LogP contribution is -2.44. The molecular weight excluding hydrogens is 323 g/mol. The summed E-state index contributed by atoms with van der Waals surface area (Å²) in [6.45, 7) is 0.770. The zero-order valence-electron chi connectivity index (χ0n) is 13.4. The van der Waals surface area contributed by atoms with Crippen molar-refractivity contribution < 1.29 is 22.3 Å². The molecule has 0 radical (unpaired) electrons. The molecule has 0 spiro atoms. The number of sulfonamides is 1. The van der Waals surface area contributed by atoms with Crippen LogP contribution >= 0.6 is 0 Å². The molecule has 0 amide bonds. The maximum atomic E-state index is 14.4. The van der Waals surface area contributed by atoms with Crippen molar-refractivity contribution in [1.29, 1.82) is 0 Å². The second-order valence-electron chi connectivity index (χ2n) is 5.48. The fourth-order valence-corrected chi connectivity index (χ4v) is 4.72. The van der Waals surface area contributed by atoms with Crippen LogP contribution in [0.3, 0.4) is 0 Å². The molecule has 0 aromatic heterocycles. The fraction of sp³-hybridized carbons (Fsp3) is 0.600. The molecule has 1 aliphatic heterocycles. The van der Waals surface area contributed by atoms with Gasteiger partial charge in [-0.2, -0.15) is 4.31 Å². The largest absolute Gasteiger partial charge is 0.493 e. The SMILES string of the molecule is COc1cc(F)c(S(=O)(=O)N2CCCCC2CCN)cc1OC. The van der Waals surface area contributed by atoms with E-state index in [0.29, 0.717) is 19.5 Å². The van der Waals surface area contributed by atoms with Gasteiger partial charge in [0.25, 0.3) is 0 Å². The Hall–Kier alpha value is -1.38. The van der Waals surface area contributed by atoms with Crippen LogP contribution in [-0.4, -0.2) is 46.1 Å². The number of methoxy groups -OCH3 is 2. The number of hydrogen-bond donors (Lipinski definition) is 1. The number of ether oxygens (including phenoxy) is 2. The molecule has 1 aromatic carbocycles. The minimum Gasteiger partial charge on any atom is -0.493 e. The van der Waals surface area contributed by atoms with Crippen LogP contribution < -0.4 is 15.2 Å². The quantitative estimate of drug-likeness (QED) is 0.848. The van der Waals surface area contributed by atoms with E-state index in [2.05, 4.69) is 0 Å². The number of halogens is 1. The average Bonchev–Trinajstić information content (AvgIpc) is 2.55. The molecule has 0 bridgehead atoms. The predicted molar refractivity (Wildman–Crippen MR) is 84.7 cm³/mol. The Morgan fingerprint density at radius 1 is 1.26 bits per heavy atom. The van der Waals surface area contributed by atoms with Crippen LogP contribution in [0.4, 0.5) is 4.39 Å². The highest BCUT2D eigenvalue weighted by molar-refractivity contribution is 7.89. The molecule has 1 aromatic rings. The number of piperidine rings is 1. The first-order valence-corrected chi connectivity index (χ1v) is 9.03. The predicted octanol–water partition coefficient (Wildman–Crippen LogP) is 1.73.